The molecule has 1 aromatic heterocycles. The molecular formula is C11H16N4O. The molecule has 0 bridgehead atoms. The molecule has 5 heteroatoms. The van der Waals surface area contributed by atoms with Crippen molar-refractivity contribution in [1.29, 1.82) is 0 Å². The van der Waals surface area contributed by atoms with Gasteiger partial charge in [0.05, 0.1) is 12.4 Å². The van der Waals surface area contributed by atoms with Crippen molar-refractivity contribution in [1.82, 2.24) is 14.9 Å². The number of ketones is 1. The van der Waals surface area contributed by atoms with E-state index in [1.807, 2.05) is 0 Å². The van der Waals surface area contributed by atoms with Gasteiger partial charge in [-0.15, -0.1) is 0 Å². The van der Waals surface area contributed by atoms with Crippen LogP contribution < -0.4 is 4.90 Å². The zero-order valence-electron chi connectivity index (χ0n) is 9.68. The van der Waals surface area contributed by atoms with Gasteiger partial charge < -0.3 is 9.80 Å². The highest BCUT2D eigenvalue weighted by Gasteiger charge is 2.15. The average Bonchev–Trinajstić information content (AvgIpc) is 2.30. The summed E-state index contributed by atoms with van der Waals surface area (Å²) in [4.78, 5) is 23.9. The Kier molecular flexibility index (Phi) is 3.14. The van der Waals surface area contributed by atoms with Gasteiger partial charge in [0.2, 0.25) is 0 Å². The van der Waals surface area contributed by atoms with Crippen molar-refractivity contribution in [3.8, 4) is 0 Å². The Labute approximate surface area is 95.1 Å². The predicted octanol–water partition coefficient (Wildman–Crippen LogP) is 0.431. The fraction of sp³-hybridized carbons (Fsp3) is 0.545. The van der Waals surface area contributed by atoms with Crippen LogP contribution in [0.5, 0.6) is 0 Å². The van der Waals surface area contributed by atoms with Crippen molar-refractivity contribution in [2.75, 3.05) is 38.1 Å². The van der Waals surface area contributed by atoms with Crippen molar-refractivity contribution in [2.24, 2.45) is 0 Å². The van der Waals surface area contributed by atoms with Crippen molar-refractivity contribution in [3.05, 3.63) is 18.1 Å². The van der Waals surface area contributed by atoms with E-state index in [2.05, 4.69) is 26.8 Å². The Morgan fingerprint density at radius 1 is 1.19 bits per heavy atom. The molecule has 0 unspecified atom stereocenters. The smallest absolute Gasteiger partial charge is 0.179 e. The first-order chi connectivity index (χ1) is 7.66. The molecule has 0 radical (unpaired) electrons. The van der Waals surface area contributed by atoms with Crippen LogP contribution in [0.2, 0.25) is 0 Å². The summed E-state index contributed by atoms with van der Waals surface area (Å²) in [6.07, 6.45) is 3.23. The van der Waals surface area contributed by atoms with Gasteiger partial charge in [0, 0.05) is 33.1 Å². The van der Waals surface area contributed by atoms with Crippen molar-refractivity contribution < 1.29 is 4.79 Å². The minimum atomic E-state index is -0.0440. The number of anilines is 1. The van der Waals surface area contributed by atoms with E-state index in [0.717, 1.165) is 32.0 Å². The van der Waals surface area contributed by atoms with Gasteiger partial charge in [0.15, 0.2) is 5.78 Å². The van der Waals surface area contributed by atoms with Crippen LogP contribution in [-0.4, -0.2) is 53.9 Å². The van der Waals surface area contributed by atoms with Crippen LogP contribution in [0.3, 0.4) is 0 Å². The summed E-state index contributed by atoms with van der Waals surface area (Å²) in [5, 5.41) is 0. The second-order valence-electron chi connectivity index (χ2n) is 4.11. The van der Waals surface area contributed by atoms with Crippen LogP contribution >= 0.6 is 0 Å². The van der Waals surface area contributed by atoms with E-state index < -0.39 is 0 Å². The Morgan fingerprint density at radius 3 is 2.38 bits per heavy atom. The van der Waals surface area contributed by atoms with E-state index >= 15 is 0 Å². The Hall–Kier alpha value is -1.49. The van der Waals surface area contributed by atoms with Gasteiger partial charge in [-0.25, -0.2) is 9.97 Å². The zero-order chi connectivity index (χ0) is 11.5. The average molecular weight is 220 g/mol. The van der Waals surface area contributed by atoms with Gasteiger partial charge in [-0.3, -0.25) is 4.79 Å². The first kappa shape index (κ1) is 11.0. The predicted molar refractivity (Wildman–Crippen MR) is 61.7 cm³/mol. The Morgan fingerprint density at radius 2 is 1.88 bits per heavy atom. The number of likely N-dealkylation sites (N-methyl/N-ethyl adjacent to an activating group) is 1. The van der Waals surface area contributed by atoms with Crippen LogP contribution in [0, 0.1) is 0 Å². The summed E-state index contributed by atoms with van der Waals surface area (Å²) in [7, 11) is 2.11. The number of aromatic nitrogens is 2. The lowest BCUT2D eigenvalue weighted by molar-refractivity contribution is 0.101. The summed E-state index contributed by atoms with van der Waals surface area (Å²) in [6, 6.07) is 0. The summed E-state index contributed by atoms with van der Waals surface area (Å²) in [6.45, 7) is 5.50. The van der Waals surface area contributed by atoms with Gasteiger partial charge in [-0.1, -0.05) is 0 Å². The Bertz CT molecular complexity index is 368. The highest BCUT2D eigenvalue weighted by molar-refractivity contribution is 5.91. The van der Waals surface area contributed by atoms with Crippen molar-refractivity contribution in [3.63, 3.8) is 0 Å². The second kappa shape index (κ2) is 4.57. The van der Waals surface area contributed by atoms with E-state index in [9.17, 15) is 4.79 Å². The molecule has 0 amide bonds. The van der Waals surface area contributed by atoms with Crippen LogP contribution in [-0.2, 0) is 0 Å². The van der Waals surface area contributed by atoms with E-state index in [4.69, 9.17) is 0 Å². The zero-order valence-corrected chi connectivity index (χ0v) is 9.68. The topological polar surface area (TPSA) is 49.3 Å². The molecule has 1 aliphatic heterocycles. The molecule has 0 atom stereocenters. The molecule has 0 N–H and O–H groups in total. The number of Topliss-reactive ketones (excluding diaryl/α,β-unsaturated/α-hetero) is 1. The molecule has 1 aliphatic rings. The molecule has 0 saturated carbocycles. The lowest BCUT2D eigenvalue weighted by Gasteiger charge is -2.32. The number of hydrogen-bond acceptors (Lipinski definition) is 5. The number of hydrogen-bond donors (Lipinski definition) is 0. The first-order valence-corrected chi connectivity index (χ1v) is 5.43. The van der Waals surface area contributed by atoms with Crippen LogP contribution in [0.4, 0.5) is 5.82 Å². The van der Waals surface area contributed by atoms with E-state index in [1.54, 1.807) is 12.4 Å². The largest absolute Gasteiger partial charge is 0.353 e. The molecule has 86 valence electrons. The monoisotopic (exact) mass is 220 g/mol. The summed E-state index contributed by atoms with van der Waals surface area (Å²) < 4.78 is 0. The quantitative estimate of drug-likeness (QED) is 0.676. The van der Waals surface area contributed by atoms with Gasteiger partial charge in [0.1, 0.15) is 11.5 Å². The molecule has 2 rings (SSSR count). The van der Waals surface area contributed by atoms with Gasteiger partial charge >= 0.3 is 0 Å². The molecule has 1 saturated heterocycles. The maximum atomic E-state index is 11.1. The van der Waals surface area contributed by atoms with Crippen molar-refractivity contribution >= 4 is 11.6 Å². The maximum absolute atomic E-state index is 11.1. The van der Waals surface area contributed by atoms with E-state index in [0.29, 0.717) is 5.69 Å². The lowest BCUT2D eigenvalue weighted by atomic mass is 10.3. The van der Waals surface area contributed by atoms with E-state index in [1.165, 1.54) is 6.92 Å². The molecule has 0 aliphatic carbocycles. The molecule has 0 spiro atoms. The SMILES string of the molecule is CC(=O)c1cnc(N2CCN(C)CC2)cn1. The standard InChI is InChI=1S/C11H16N4O/c1-9(16)10-7-13-11(8-12-10)15-5-3-14(2)4-6-15/h7-8H,3-6H2,1-2H3. The first-order valence-electron chi connectivity index (χ1n) is 5.43. The van der Waals surface area contributed by atoms with Gasteiger partial charge in [-0.05, 0) is 7.05 Å². The second-order valence-corrected chi connectivity index (χ2v) is 4.11. The van der Waals surface area contributed by atoms with Crippen molar-refractivity contribution in [2.45, 2.75) is 6.92 Å². The molecule has 1 aromatic rings. The molecular weight excluding hydrogens is 204 g/mol. The third-order valence-electron chi connectivity index (χ3n) is 2.83. The van der Waals surface area contributed by atoms with Crippen LogP contribution in [0.15, 0.2) is 12.4 Å². The number of carbonyl (C=O) groups excluding carboxylic acids is 1. The minimum Gasteiger partial charge on any atom is -0.353 e. The third kappa shape index (κ3) is 2.36. The minimum absolute atomic E-state index is 0.0440. The lowest BCUT2D eigenvalue weighted by Crippen LogP contribution is -2.44. The van der Waals surface area contributed by atoms with E-state index in [-0.39, 0.29) is 5.78 Å². The fourth-order valence-corrected chi connectivity index (χ4v) is 1.70. The highest BCUT2D eigenvalue weighted by Crippen LogP contribution is 2.11. The summed E-state index contributed by atoms with van der Waals surface area (Å²) >= 11 is 0. The molecule has 0 aromatic carbocycles. The summed E-state index contributed by atoms with van der Waals surface area (Å²) in [5.74, 6) is 0.815. The third-order valence-corrected chi connectivity index (χ3v) is 2.83. The van der Waals surface area contributed by atoms with Gasteiger partial charge in [0.25, 0.3) is 0 Å². The number of piperazine rings is 1. The highest BCUT2D eigenvalue weighted by atomic mass is 16.1. The number of rotatable bonds is 2. The molecule has 16 heavy (non-hydrogen) atoms. The molecule has 5 nitrogen and oxygen atoms in total. The number of carbonyl (C=O) groups is 1. The van der Waals surface area contributed by atoms with Crippen LogP contribution in [0.25, 0.3) is 0 Å². The Balaban J connectivity index is 2.07. The normalized spacial score (nSPS) is 17.5. The molecule has 2 heterocycles. The fourth-order valence-electron chi connectivity index (χ4n) is 1.70. The van der Waals surface area contributed by atoms with Gasteiger partial charge in [-0.2, -0.15) is 0 Å². The molecule has 1 fully saturated rings. The summed E-state index contributed by atoms with van der Waals surface area (Å²) in [5.41, 5.74) is 0.429. The number of nitrogens with zero attached hydrogens (tertiary/aromatic N) is 4. The maximum Gasteiger partial charge on any atom is 0.179 e. The van der Waals surface area contributed by atoms with Crippen LogP contribution in [0.1, 0.15) is 17.4 Å².